The van der Waals surface area contributed by atoms with Gasteiger partial charge in [-0.25, -0.2) is 5.43 Å². The standard InChI is InChI=1S/C10H11N3O2/c1-7(8-5-3-2-4-6-8)12-13-10(15)9(11)14/h2-6H,1H3,(H2,11,14)(H,13,15)/b12-7-. The summed E-state index contributed by atoms with van der Waals surface area (Å²) in [6.07, 6.45) is 0. The Morgan fingerprint density at radius 1 is 1.27 bits per heavy atom. The van der Waals surface area contributed by atoms with Gasteiger partial charge in [-0.15, -0.1) is 0 Å². The van der Waals surface area contributed by atoms with E-state index in [1.54, 1.807) is 6.92 Å². The van der Waals surface area contributed by atoms with E-state index in [-0.39, 0.29) is 0 Å². The summed E-state index contributed by atoms with van der Waals surface area (Å²) in [5.74, 6) is -1.98. The average molecular weight is 205 g/mol. The minimum Gasteiger partial charge on any atom is -0.361 e. The lowest BCUT2D eigenvalue weighted by molar-refractivity contribution is -0.137. The van der Waals surface area contributed by atoms with E-state index in [9.17, 15) is 9.59 Å². The third-order valence-corrected chi connectivity index (χ3v) is 1.74. The van der Waals surface area contributed by atoms with Crippen molar-refractivity contribution in [3.05, 3.63) is 35.9 Å². The number of carbonyl (C=O) groups is 2. The summed E-state index contributed by atoms with van der Waals surface area (Å²) in [4.78, 5) is 21.2. The van der Waals surface area contributed by atoms with Crippen LogP contribution in [0.2, 0.25) is 0 Å². The van der Waals surface area contributed by atoms with Crippen molar-refractivity contribution in [2.45, 2.75) is 6.92 Å². The molecule has 5 nitrogen and oxygen atoms in total. The molecular weight excluding hydrogens is 194 g/mol. The van der Waals surface area contributed by atoms with Gasteiger partial charge in [-0.3, -0.25) is 9.59 Å². The van der Waals surface area contributed by atoms with Crippen molar-refractivity contribution in [3.63, 3.8) is 0 Å². The second-order valence-electron chi connectivity index (χ2n) is 2.87. The number of nitrogens with one attached hydrogen (secondary N) is 1. The fourth-order valence-electron chi connectivity index (χ4n) is 0.934. The van der Waals surface area contributed by atoms with Crippen LogP contribution >= 0.6 is 0 Å². The van der Waals surface area contributed by atoms with Gasteiger partial charge in [0.1, 0.15) is 0 Å². The Balaban J connectivity index is 2.69. The molecule has 0 aromatic heterocycles. The van der Waals surface area contributed by atoms with E-state index >= 15 is 0 Å². The molecule has 1 rings (SSSR count). The number of hydrazone groups is 1. The molecule has 0 saturated heterocycles. The SMILES string of the molecule is C/C(=N/NC(=O)C(N)=O)c1ccccc1. The number of amides is 2. The number of carbonyl (C=O) groups excluding carboxylic acids is 2. The normalized spacial score (nSPS) is 10.9. The molecule has 0 heterocycles. The van der Waals surface area contributed by atoms with E-state index in [4.69, 9.17) is 5.73 Å². The number of rotatable bonds is 2. The Kier molecular flexibility index (Phi) is 3.56. The first kappa shape index (κ1) is 10.9. The van der Waals surface area contributed by atoms with Gasteiger partial charge in [0.2, 0.25) is 0 Å². The summed E-state index contributed by atoms with van der Waals surface area (Å²) in [7, 11) is 0. The highest BCUT2D eigenvalue weighted by Crippen LogP contribution is 1.99. The Hall–Kier alpha value is -2.17. The molecule has 1 aromatic rings. The maximum atomic E-state index is 10.8. The zero-order valence-corrected chi connectivity index (χ0v) is 8.23. The lowest BCUT2D eigenvalue weighted by Gasteiger charge is -2.00. The summed E-state index contributed by atoms with van der Waals surface area (Å²) in [6.45, 7) is 1.72. The molecule has 0 radical (unpaired) electrons. The number of hydrogen-bond donors (Lipinski definition) is 2. The highest BCUT2D eigenvalue weighted by atomic mass is 16.2. The van der Waals surface area contributed by atoms with Gasteiger partial charge >= 0.3 is 11.8 Å². The second-order valence-corrected chi connectivity index (χ2v) is 2.87. The lowest BCUT2D eigenvalue weighted by Crippen LogP contribution is -2.33. The van der Waals surface area contributed by atoms with Gasteiger partial charge in [0.05, 0.1) is 5.71 Å². The smallest absolute Gasteiger partial charge is 0.329 e. The van der Waals surface area contributed by atoms with Crippen molar-refractivity contribution in [1.82, 2.24) is 5.43 Å². The largest absolute Gasteiger partial charge is 0.361 e. The molecule has 0 saturated carbocycles. The maximum Gasteiger partial charge on any atom is 0.329 e. The van der Waals surface area contributed by atoms with E-state index in [2.05, 4.69) is 10.5 Å². The van der Waals surface area contributed by atoms with Crippen LogP contribution in [-0.4, -0.2) is 17.5 Å². The maximum absolute atomic E-state index is 10.8. The van der Waals surface area contributed by atoms with E-state index in [0.717, 1.165) is 5.56 Å². The summed E-state index contributed by atoms with van der Waals surface area (Å²) < 4.78 is 0. The van der Waals surface area contributed by atoms with E-state index in [1.165, 1.54) is 0 Å². The van der Waals surface area contributed by atoms with Gasteiger partial charge in [-0.05, 0) is 12.5 Å². The van der Waals surface area contributed by atoms with Gasteiger partial charge in [0, 0.05) is 0 Å². The van der Waals surface area contributed by atoms with Crippen LogP contribution in [0.4, 0.5) is 0 Å². The summed E-state index contributed by atoms with van der Waals surface area (Å²) in [6, 6.07) is 9.26. The Morgan fingerprint density at radius 2 is 1.87 bits per heavy atom. The molecule has 0 fully saturated rings. The van der Waals surface area contributed by atoms with Crippen molar-refractivity contribution in [3.8, 4) is 0 Å². The van der Waals surface area contributed by atoms with Crippen LogP contribution in [0.3, 0.4) is 0 Å². The number of benzene rings is 1. The van der Waals surface area contributed by atoms with Crippen LogP contribution in [0, 0.1) is 0 Å². The van der Waals surface area contributed by atoms with Crippen LogP contribution < -0.4 is 11.2 Å². The van der Waals surface area contributed by atoms with Crippen LogP contribution in [0.25, 0.3) is 0 Å². The molecule has 78 valence electrons. The number of hydrogen-bond acceptors (Lipinski definition) is 3. The Bertz CT molecular complexity index is 398. The fourth-order valence-corrected chi connectivity index (χ4v) is 0.934. The second kappa shape index (κ2) is 4.90. The minimum atomic E-state index is -1.06. The molecule has 15 heavy (non-hydrogen) atoms. The molecule has 0 bridgehead atoms. The molecule has 0 unspecified atom stereocenters. The van der Waals surface area contributed by atoms with Gasteiger partial charge in [0.25, 0.3) is 0 Å². The molecule has 0 aliphatic heterocycles. The molecular formula is C10H11N3O2. The quantitative estimate of drug-likeness (QED) is 0.405. The van der Waals surface area contributed by atoms with Crippen LogP contribution in [-0.2, 0) is 9.59 Å². The van der Waals surface area contributed by atoms with Gasteiger partial charge in [-0.1, -0.05) is 30.3 Å². The Morgan fingerprint density at radius 3 is 2.40 bits per heavy atom. The van der Waals surface area contributed by atoms with E-state index in [1.807, 2.05) is 30.3 Å². The van der Waals surface area contributed by atoms with Gasteiger partial charge < -0.3 is 5.73 Å². The average Bonchev–Trinajstić information content (AvgIpc) is 2.26. The monoisotopic (exact) mass is 205 g/mol. The molecule has 2 amide bonds. The van der Waals surface area contributed by atoms with Gasteiger partial charge in [0.15, 0.2) is 0 Å². The van der Waals surface area contributed by atoms with Crippen molar-refractivity contribution >= 4 is 17.5 Å². The number of nitrogens with zero attached hydrogens (tertiary/aromatic N) is 1. The van der Waals surface area contributed by atoms with Crippen molar-refractivity contribution < 1.29 is 9.59 Å². The van der Waals surface area contributed by atoms with Crippen molar-refractivity contribution in [1.29, 1.82) is 0 Å². The number of nitrogens with two attached hydrogens (primary N) is 1. The summed E-state index contributed by atoms with van der Waals surface area (Å²) >= 11 is 0. The molecule has 0 aliphatic rings. The molecule has 0 spiro atoms. The molecule has 5 heteroatoms. The summed E-state index contributed by atoms with van der Waals surface area (Å²) in [5, 5.41) is 3.73. The lowest BCUT2D eigenvalue weighted by atomic mass is 10.1. The number of primary amides is 1. The molecule has 0 atom stereocenters. The van der Waals surface area contributed by atoms with Gasteiger partial charge in [-0.2, -0.15) is 5.10 Å². The first-order valence-corrected chi connectivity index (χ1v) is 4.30. The third kappa shape index (κ3) is 3.22. The highest BCUT2D eigenvalue weighted by molar-refractivity contribution is 6.34. The zero-order chi connectivity index (χ0) is 11.3. The fraction of sp³-hybridized carbons (Fsp3) is 0.100. The summed E-state index contributed by atoms with van der Waals surface area (Å²) in [5.41, 5.74) is 8.26. The van der Waals surface area contributed by atoms with Crippen LogP contribution in [0.5, 0.6) is 0 Å². The van der Waals surface area contributed by atoms with Crippen molar-refractivity contribution in [2.75, 3.05) is 0 Å². The highest BCUT2D eigenvalue weighted by Gasteiger charge is 2.06. The van der Waals surface area contributed by atoms with E-state index in [0.29, 0.717) is 5.71 Å². The van der Waals surface area contributed by atoms with E-state index < -0.39 is 11.8 Å². The third-order valence-electron chi connectivity index (χ3n) is 1.74. The molecule has 0 aliphatic carbocycles. The molecule has 3 N–H and O–H groups in total. The Labute approximate surface area is 87.0 Å². The first-order chi connectivity index (χ1) is 7.11. The van der Waals surface area contributed by atoms with Crippen molar-refractivity contribution in [2.24, 2.45) is 10.8 Å². The minimum absolute atomic E-state index is 0.602. The van der Waals surface area contributed by atoms with Crippen LogP contribution in [0.15, 0.2) is 35.4 Å². The predicted octanol–water partition coefficient (Wildman–Crippen LogP) is 0.0121. The van der Waals surface area contributed by atoms with Crippen LogP contribution in [0.1, 0.15) is 12.5 Å². The molecule has 1 aromatic carbocycles. The predicted molar refractivity (Wildman–Crippen MR) is 56.0 cm³/mol. The first-order valence-electron chi connectivity index (χ1n) is 4.30. The zero-order valence-electron chi connectivity index (χ0n) is 8.23. The topological polar surface area (TPSA) is 84.6 Å².